The smallest absolute Gasteiger partial charge is 0.276 e. The molecule has 2 aromatic carbocycles. The Labute approximate surface area is 207 Å². The lowest BCUT2D eigenvalue weighted by Gasteiger charge is -2.32. The number of carbonyl (C=O) groups is 1. The molecule has 5 rings (SSSR count). The maximum Gasteiger partial charge on any atom is 0.276 e. The molecule has 8 heteroatoms. The summed E-state index contributed by atoms with van der Waals surface area (Å²) in [5.41, 5.74) is 1.28. The van der Waals surface area contributed by atoms with E-state index in [1.165, 1.54) is 19.3 Å². The molecule has 1 atom stereocenters. The van der Waals surface area contributed by atoms with Crippen LogP contribution in [0.5, 0.6) is 0 Å². The van der Waals surface area contributed by atoms with Gasteiger partial charge in [-0.1, -0.05) is 79.9 Å². The molecule has 34 heavy (non-hydrogen) atoms. The Balaban J connectivity index is 1.51. The van der Waals surface area contributed by atoms with Crippen molar-refractivity contribution in [2.75, 3.05) is 5.75 Å². The summed E-state index contributed by atoms with van der Waals surface area (Å²) in [5, 5.41) is 12.1. The number of carbonyl (C=O) groups excluding carboxylic acids is 1. The predicted octanol–water partition coefficient (Wildman–Crippen LogP) is 5.06. The number of rotatable bonds is 7. The summed E-state index contributed by atoms with van der Waals surface area (Å²) < 4.78 is 6.21. The number of hydrogen-bond acceptors (Lipinski definition) is 6. The second-order valence-corrected chi connectivity index (χ2v) is 9.65. The molecule has 0 saturated carbocycles. The summed E-state index contributed by atoms with van der Waals surface area (Å²) in [7, 11) is 0. The minimum atomic E-state index is -0.595. The van der Waals surface area contributed by atoms with Crippen molar-refractivity contribution >= 4 is 40.1 Å². The second-order valence-electron chi connectivity index (χ2n) is 8.16. The molecule has 174 valence electrons. The van der Waals surface area contributed by atoms with Gasteiger partial charge in [-0.05, 0) is 36.8 Å². The Hall–Kier alpha value is -3.03. The van der Waals surface area contributed by atoms with Crippen molar-refractivity contribution in [2.24, 2.45) is 10.1 Å². The third-order valence-corrected chi connectivity index (χ3v) is 7.05. The van der Waals surface area contributed by atoms with Crippen LogP contribution in [0.25, 0.3) is 17.0 Å². The van der Waals surface area contributed by atoms with Crippen molar-refractivity contribution in [2.45, 2.75) is 38.8 Å². The lowest BCUT2D eigenvalue weighted by molar-refractivity contribution is -0.116. The van der Waals surface area contributed by atoms with Gasteiger partial charge < -0.3 is 4.42 Å². The van der Waals surface area contributed by atoms with Crippen LogP contribution in [0, 0.1) is 0 Å². The topological polar surface area (TPSA) is 70.2 Å². The summed E-state index contributed by atoms with van der Waals surface area (Å²) >= 11 is 7.94. The van der Waals surface area contributed by atoms with E-state index in [2.05, 4.69) is 12.2 Å². The summed E-state index contributed by atoms with van der Waals surface area (Å²) in [6.45, 7) is 2.19. The van der Waals surface area contributed by atoms with Gasteiger partial charge in [-0.3, -0.25) is 10.1 Å². The lowest BCUT2D eigenvalue weighted by atomic mass is 10.1. The summed E-state index contributed by atoms with van der Waals surface area (Å²) in [6.07, 6.45) is 4.07. The van der Waals surface area contributed by atoms with Gasteiger partial charge in [0.25, 0.3) is 5.91 Å². The van der Waals surface area contributed by atoms with Gasteiger partial charge in [0.1, 0.15) is 11.5 Å². The average Bonchev–Trinajstić information content (AvgIpc) is 3.33. The van der Waals surface area contributed by atoms with Crippen molar-refractivity contribution in [1.82, 2.24) is 10.3 Å². The van der Waals surface area contributed by atoms with Crippen LogP contribution in [0.15, 0.2) is 75.2 Å². The van der Waals surface area contributed by atoms with E-state index in [-0.39, 0.29) is 5.91 Å². The van der Waals surface area contributed by atoms with Crippen LogP contribution < -0.4 is 15.9 Å². The van der Waals surface area contributed by atoms with E-state index in [9.17, 15) is 4.79 Å². The number of hydrazone groups is 1. The summed E-state index contributed by atoms with van der Waals surface area (Å²) in [6, 6.07) is 18.9. The molecule has 1 amide bonds. The van der Waals surface area contributed by atoms with Gasteiger partial charge in [-0.2, -0.15) is 0 Å². The first-order chi connectivity index (χ1) is 16.7. The number of halogens is 1. The number of nitrogens with one attached hydrogen (secondary N) is 1. The standard InChI is InChI=1S/C26H25ClN4O2S/c1-2-3-4-9-16-34-26-29-25(32)23-18-11-6-8-13-20(18)28-24(31(23)30-26)22-15-14-21(33-22)17-10-5-7-12-19(17)27/h5-8,10-15,24H,2-4,9,16H2,1H3,(H,29,30,32)/t24-/m0/s1. The molecule has 0 saturated heterocycles. The SMILES string of the molecule is CCCCCCSC1=NN2C(=c3ccccc3=N[C@@H]2c2ccc(-c3ccccc3Cl)o2)C(=O)N1. The van der Waals surface area contributed by atoms with Crippen LogP contribution in [0.3, 0.4) is 0 Å². The minimum Gasteiger partial charge on any atom is -0.457 e. The van der Waals surface area contributed by atoms with E-state index in [0.29, 0.717) is 27.4 Å². The molecule has 3 heterocycles. The van der Waals surface area contributed by atoms with Gasteiger partial charge in [0.2, 0.25) is 6.17 Å². The van der Waals surface area contributed by atoms with Gasteiger partial charge in [-0.25, -0.2) is 10.0 Å². The summed E-state index contributed by atoms with van der Waals surface area (Å²) in [4.78, 5) is 18.1. The van der Waals surface area contributed by atoms with E-state index in [0.717, 1.165) is 28.3 Å². The molecule has 6 nitrogen and oxygen atoms in total. The van der Waals surface area contributed by atoms with E-state index in [1.54, 1.807) is 16.8 Å². The highest BCUT2D eigenvalue weighted by Gasteiger charge is 2.36. The molecule has 1 aromatic heterocycles. The first-order valence-electron chi connectivity index (χ1n) is 11.5. The van der Waals surface area contributed by atoms with E-state index in [1.807, 2.05) is 60.7 Å². The number of benzene rings is 2. The first kappa shape index (κ1) is 22.7. The molecule has 2 aliphatic rings. The molecule has 0 aliphatic carbocycles. The first-order valence-corrected chi connectivity index (χ1v) is 12.9. The Morgan fingerprint density at radius 1 is 1.06 bits per heavy atom. The second kappa shape index (κ2) is 10.1. The number of thioether (sulfide) groups is 1. The van der Waals surface area contributed by atoms with Crippen LogP contribution >= 0.6 is 23.4 Å². The fourth-order valence-corrected chi connectivity index (χ4v) is 5.15. The van der Waals surface area contributed by atoms with E-state index >= 15 is 0 Å². The normalized spacial score (nSPS) is 16.9. The molecule has 3 aromatic rings. The highest BCUT2D eigenvalue weighted by molar-refractivity contribution is 8.13. The molecular formula is C26H25ClN4O2S. The van der Waals surface area contributed by atoms with E-state index < -0.39 is 6.17 Å². The third-order valence-electron chi connectivity index (χ3n) is 5.77. The zero-order chi connectivity index (χ0) is 23.5. The molecule has 0 bridgehead atoms. The molecule has 0 fully saturated rings. The number of para-hydroxylation sites is 1. The number of nitrogens with zero attached hydrogens (tertiary/aromatic N) is 3. The van der Waals surface area contributed by atoms with Crippen LogP contribution in [0.2, 0.25) is 5.02 Å². The number of unbranched alkanes of at least 4 members (excludes halogenated alkanes) is 3. The third kappa shape index (κ3) is 4.50. The van der Waals surface area contributed by atoms with Gasteiger partial charge in [0.15, 0.2) is 10.9 Å². The maximum absolute atomic E-state index is 13.2. The molecule has 0 radical (unpaired) electrons. The van der Waals surface area contributed by atoms with Crippen molar-refractivity contribution in [3.05, 3.63) is 82.0 Å². The van der Waals surface area contributed by atoms with Crippen molar-refractivity contribution in [3.63, 3.8) is 0 Å². The number of hydrogen-bond donors (Lipinski definition) is 1. The number of amides is 1. The average molecular weight is 493 g/mol. The van der Waals surface area contributed by atoms with Crippen molar-refractivity contribution in [1.29, 1.82) is 0 Å². The Morgan fingerprint density at radius 2 is 1.88 bits per heavy atom. The van der Waals surface area contributed by atoms with Crippen molar-refractivity contribution in [3.8, 4) is 11.3 Å². The highest BCUT2D eigenvalue weighted by atomic mass is 35.5. The fraction of sp³-hybridized carbons (Fsp3) is 0.269. The largest absolute Gasteiger partial charge is 0.457 e. The number of furan rings is 1. The van der Waals surface area contributed by atoms with Gasteiger partial charge in [-0.15, -0.1) is 5.10 Å². The molecule has 0 unspecified atom stereocenters. The number of fused-ring (bicyclic) bond motifs is 2. The number of amidine groups is 1. The lowest BCUT2D eigenvalue weighted by Crippen LogP contribution is -2.50. The summed E-state index contributed by atoms with van der Waals surface area (Å²) in [5.74, 6) is 1.95. The van der Waals surface area contributed by atoms with Crippen LogP contribution in [0.1, 0.15) is 44.5 Å². The van der Waals surface area contributed by atoms with Crippen LogP contribution in [0.4, 0.5) is 0 Å². The Morgan fingerprint density at radius 3 is 2.74 bits per heavy atom. The van der Waals surface area contributed by atoms with Crippen LogP contribution in [-0.2, 0) is 4.79 Å². The Kier molecular flexibility index (Phi) is 6.74. The van der Waals surface area contributed by atoms with Gasteiger partial charge in [0.05, 0.1) is 10.4 Å². The zero-order valence-electron chi connectivity index (χ0n) is 18.8. The molecule has 1 N–H and O–H groups in total. The molecule has 0 spiro atoms. The maximum atomic E-state index is 13.2. The van der Waals surface area contributed by atoms with E-state index in [4.69, 9.17) is 26.1 Å². The van der Waals surface area contributed by atoms with Crippen LogP contribution in [-0.4, -0.2) is 21.8 Å². The monoisotopic (exact) mass is 492 g/mol. The fourth-order valence-electron chi connectivity index (χ4n) is 4.07. The minimum absolute atomic E-state index is 0.184. The predicted molar refractivity (Wildman–Crippen MR) is 137 cm³/mol. The van der Waals surface area contributed by atoms with Gasteiger partial charge >= 0.3 is 0 Å². The Bertz CT molecular complexity index is 1370. The molecular weight excluding hydrogens is 468 g/mol. The molecule has 2 aliphatic heterocycles. The zero-order valence-corrected chi connectivity index (χ0v) is 20.4. The quantitative estimate of drug-likeness (QED) is 0.468. The highest BCUT2D eigenvalue weighted by Crippen LogP contribution is 2.35. The van der Waals surface area contributed by atoms with Gasteiger partial charge in [0, 0.05) is 16.5 Å². The van der Waals surface area contributed by atoms with Crippen molar-refractivity contribution < 1.29 is 9.21 Å².